The van der Waals surface area contributed by atoms with E-state index in [2.05, 4.69) is 4.98 Å². The quantitative estimate of drug-likeness (QED) is 0.713. The number of carboxylic acid groups (broad SMARTS) is 1. The van der Waals surface area contributed by atoms with Gasteiger partial charge in [-0.25, -0.2) is 9.78 Å². The summed E-state index contributed by atoms with van der Waals surface area (Å²) >= 11 is 0. The van der Waals surface area contributed by atoms with Crippen LogP contribution in [0.5, 0.6) is 0 Å². The Kier molecular flexibility index (Phi) is 4.94. The second-order valence-corrected chi connectivity index (χ2v) is 2.77. The summed E-state index contributed by atoms with van der Waals surface area (Å²) in [5, 5.41) is 7.12. The van der Waals surface area contributed by atoms with Crippen LogP contribution in [-0.2, 0) is 11.0 Å². The van der Waals surface area contributed by atoms with Gasteiger partial charge in [0.2, 0.25) is 0 Å². The topological polar surface area (TPSA) is 76.2 Å². The van der Waals surface area contributed by atoms with Gasteiger partial charge in [0.1, 0.15) is 5.82 Å². The van der Waals surface area contributed by atoms with Gasteiger partial charge in [-0.2, -0.15) is 26.3 Å². The number of aromatic nitrogens is 1. The summed E-state index contributed by atoms with van der Waals surface area (Å²) < 4.78 is 67.3. The minimum absolute atomic E-state index is 0.0815. The molecule has 0 unspecified atom stereocenters. The molecule has 1 aromatic rings. The molecule has 18 heavy (non-hydrogen) atoms. The van der Waals surface area contributed by atoms with Gasteiger partial charge in [-0.05, 0) is 12.1 Å². The molecule has 1 heterocycles. The lowest BCUT2D eigenvalue weighted by Gasteiger charge is -2.04. The van der Waals surface area contributed by atoms with Gasteiger partial charge in [0.05, 0.1) is 5.56 Å². The van der Waals surface area contributed by atoms with Crippen LogP contribution in [0, 0.1) is 0 Å². The van der Waals surface area contributed by atoms with Crippen LogP contribution in [0.3, 0.4) is 0 Å². The highest BCUT2D eigenvalue weighted by Crippen LogP contribution is 2.28. The van der Waals surface area contributed by atoms with Crippen molar-refractivity contribution in [2.45, 2.75) is 12.4 Å². The Morgan fingerprint density at radius 1 is 1.17 bits per heavy atom. The third-order valence-electron chi connectivity index (χ3n) is 1.36. The van der Waals surface area contributed by atoms with Crippen LogP contribution in [0.15, 0.2) is 18.3 Å². The monoisotopic (exact) mass is 276 g/mol. The Morgan fingerprint density at radius 3 is 1.83 bits per heavy atom. The van der Waals surface area contributed by atoms with E-state index in [9.17, 15) is 26.3 Å². The first-order chi connectivity index (χ1) is 7.94. The van der Waals surface area contributed by atoms with Crippen LogP contribution in [0.4, 0.5) is 32.2 Å². The molecule has 0 radical (unpaired) electrons. The molecule has 0 atom stereocenters. The van der Waals surface area contributed by atoms with Crippen molar-refractivity contribution in [2.75, 3.05) is 5.73 Å². The fourth-order valence-electron chi connectivity index (χ4n) is 0.573. The lowest BCUT2D eigenvalue weighted by atomic mass is 10.3. The molecule has 0 amide bonds. The lowest BCUT2D eigenvalue weighted by molar-refractivity contribution is -0.192. The standard InChI is InChI=1S/C6H5F3N2.C2HF3O2/c7-6(8,9)4-1-2-5(10)11-3-4;3-2(4,5)1(6)7/h1-3H,(H2,10,11);(H,6,7). The van der Waals surface area contributed by atoms with Crippen molar-refractivity contribution in [3.8, 4) is 0 Å². The van der Waals surface area contributed by atoms with Gasteiger partial charge >= 0.3 is 18.3 Å². The van der Waals surface area contributed by atoms with Gasteiger partial charge in [0.25, 0.3) is 0 Å². The molecule has 1 aromatic heterocycles. The van der Waals surface area contributed by atoms with E-state index in [4.69, 9.17) is 15.6 Å². The van der Waals surface area contributed by atoms with Crippen LogP contribution >= 0.6 is 0 Å². The van der Waals surface area contributed by atoms with Crippen LogP contribution < -0.4 is 5.73 Å². The van der Waals surface area contributed by atoms with Gasteiger partial charge < -0.3 is 10.8 Å². The Labute approximate surface area is 96.0 Å². The van der Waals surface area contributed by atoms with E-state index in [0.29, 0.717) is 6.20 Å². The van der Waals surface area contributed by atoms with Crippen LogP contribution in [0.1, 0.15) is 5.56 Å². The average molecular weight is 276 g/mol. The maximum absolute atomic E-state index is 11.8. The zero-order valence-corrected chi connectivity index (χ0v) is 8.38. The minimum atomic E-state index is -5.08. The fourth-order valence-corrected chi connectivity index (χ4v) is 0.573. The molecule has 1 rings (SSSR count). The highest BCUT2D eigenvalue weighted by Gasteiger charge is 2.38. The number of rotatable bonds is 0. The molecule has 0 fully saturated rings. The lowest BCUT2D eigenvalue weighted by Crippen LogP contribution is -2.21. The number of pyridine rings is 1. The van der Waals surface area contributed by atoms with E-state index in [-0.39, 0.29) is 5.82 Å². The second kappa shape index (κ2) is 5.56. The fraction of sp³-hybridized carbons (Fsp3) is 0.250. The molecule has 0 saturated carbocycles. The third kappa shape index (κ3) is 5.92. The van der Waals surface area contributed by atoms with Crippen LogP contribution in [0.2, 0.25) is 0 Å². The van der Waals surface area contributed by atoms with E-state index in [0.717, 1.165) is 12.1 Å². The molecule has 3 N–H and O–H groups in total. The van der Waals surface area contributed by atoms with Crippen molar-refractivity contribution in [2.24, 2.45) is 0 Å². The summed E-state index contributed by atoms with van der Waals surface area (Å²) in [6, 6.07) is 2.01. The summed E-state index contributed by atoms with van der Waals surface area (Å²) in [6.45, 7) is 0. The molecule has 0 aliphatic rings. The maximum Gasteiger partial charge on any atom is 0.490 e. The van der Waals surface area contributed by atoms with Gasteiger partial charge in [0.15, 0.2) is 0 Å². The van der Waals surface area contributed by atoms with Crippen LogP contribution in [-0.4, -0.2) is 22.2 Å². The summed E-state index contributed by atoms with van der Waals surface area (Å²) in [5.41, 5.74) is 4.31. The van der Waals surface area contributed by atoms with Crippen molar-refractivity contribution in [1.82, 2.24) is 4.98 Å². The molecular formula is C8H6F6N2O2. The molecule has 10 heteroatoms. The van der Waals surface area contributed by atoms with Gasteiger partial charge in [-0.3, -0.25) is 0 Å². The van der Waals surface area contributed by atoms with Gasteiger partial charge in [-0.1, -0.05) is 0 Å². The van der Waals surface area contributed by atoms with E-state index >= 15 is 0 Å². The van der Waals surface area contributed by atoms with Crippen molar-refractivity contribution in [3.05, 3.63) is 23.9 Å². The molecule has 0 bridgehead atoms. The minimum Gasteiger partial charge on any atom is -0.475 e. The first-order valence-electron chi connectivity index (χ1n) is 4.03. The Morgan fingerprint density at radius 2 is 1.61 bits per heavy atom. The first kappa shape index (κ1) is 16.0. The molecule has 0 spiro atoms. The van der Waals surface area contributed by atoms with E-state index in [1.807, 2.05) is 0 Å². The number of nitrogens with zero attached hydrogens (tertiary/aromatic N) is 1. The zero-order valence-electron chi connectivity index (χ0n) is 8.38. The van der Waals surface area contributed by atoms with Gasteiger partial charge in [-0.15, -0.1) is 0 Å². The molecule has 0 aliphatic heterocycles. The Bertz CT molecular complexity index is 398. The number of carbonyl (C=O) groups is 1. The predicted molar refractivity (Wildman–Crippen MR) is 47.3 cm³/mol. The number of anilines is 1. The molecule has 0 saturated heterocycles. The Hall–Kier alpha value is -2.00. The third-order valence-corrected chi connectivity index (χ3v) is 1.36. The average Bonchev–Trinajstić information content (AvgIpc) is 2.16. The highest BCUT2D eigenvalue weighted by atomic mass is 19.4. The molecule has 4 nitrogen and oxygen atoms in total. The maximum atomic E-state index is 11.8. The first-order valence-corrected chi connectivity index (χ1v) is 4.03. The number of alkyl halides is 6. The SMILES string of the molecule is Nc1ccc(C(F)(F)F)cn1.O=C(O)C(F)(F)F. The summed E-state index contributed by atoms with van der Waals surface area (Å²) in [4.78, 5) is 12.2. The van der Waals surface area contributed by atoms with E-state index in [1.165, 1.54) is 0 Å². The molecule has 0 aromatic carbocycles. The number of carboxylic acids is 1. The summed E-state index contributed by atoms with van der Waals surface area (Å²) in [6.07, 6.45) is -8.71. The number of hydrogen-bond donors (Lipinski definition) is 2. The Balaban J connectivity index is 0.000000360. The number of nitrogens with two attached hydrogens (primary N) is 1. The van der Waals surface area contributed by atoms with Crippen molar-refractivity contribution < 1.29 is 36.2 Å². The number of aliphatic carboxylic acids is 1. The van der Waals surface area contributed by atoms with Crippen LogP contribution in [0.25, 0.3) is 0 Å². The highest BCUT2D eigenvalue weighted by molar-refractivity contribution is 5.73. The summed E-state index contributed by atoms with van der Waals surface area (Å²) in [7, 11) is 0. The van der Waals surface area contributed by atoms with Gasteiger partial charge in [0, 0.05) is 6.20 Å². The largest absolute Gasteiger partial charge is 0.490 e. The second-order valence-electron chi connectivity index (χ2n) is 2.77. The number of hydrogen-bond acceptors (Lipinski definition) is 3. The predicted octanol–water partition coefficient (Wildman–Crippen LogP) is 2.32. The number of halogens is 6. The number of nitrogen functional groups attached to an aromatic ring is 1. The normalized spacial score (nSPS) is 11.4. The van der Waals surface area contributed by atoms with Crippen molar-refractivity contribution in [1.29, 1.82) is 0 Å². The van der Waals surface area contributed by atoms with E-state index < -0.39 is 23.9 Å². The van der Waals surface area contributed by atoms with Crippen molar-refractivity contribution >= 4 is 11.8 Å². The smallest absolute Gasteiger partial charge is 0.475 e. The van der Waals surface area contributed by atoms with E-state index in [1.54, 1.807) is 0 Å². The molecule has 102 valence electrons. The molecular weight excluding hydrogens is 270 g/mol. The van der Waals surface area contributed by atoms with Crippen molar-refractivity contribution in [3.63, 3.8) is 0 Å². The summed E-state index contributed by atoms with van der Waals surface area (Å²) in [5.74, 6) is -2.68. The zero-order chi connectivity index (χ0) is 14.6. The molecule has 0 aliphatic carbocycles.